The van der Waals surface area contributed by atoms with E-state index in [4.69, 9.17) is 9.47 Å². The van der Waals surface area contributed by atoms with E-state index in [1.165, 1.54) is 0 Å². The molecule has 0 spiro atoms. The van der Waals surface area contributed by atoms with Gasteiger partial charge in [-0.05, 0) is 41.7 Å². The third kappa shape index (κ3) is 5.00. The van der Waals surface area contributed by atoms with Crippen molar-refractivity contribution >= 4 is 17.5 Å². The van der Waals surface area contributed by atoms with Crippen LogP contribution in [0.4, 0.5) is 5.69 Å². The van der Waals surface area contributed by atoms with Gasteiger partial charge >= 0.3 is 11.8 Å². The Labute approximate surface area is 159 Å². The molecule has 0 fully saturated rings. The van der Waals surface area contributed by atoms with Crippen LogP contribution in [-0.4, -0.2) is 26.0 Å². The normalized spacial score (nSPS) is 10.4. The summed E-state index contributed by atoms with van der Waals surface area (Å²) in [5.41, 5.74) is 3.41. The van der Waals surface area contributed by atoms with Crippen molar-refractivity contribution in [3.8, 4) is 11.5 Å². The van der Waals surface area contributed by atoms with Crippen LogP contribution in [0.1, 0.15) is 36.5 Å². The SMILES string of the molecule is COc1ccc(CNC(=O)C(=O)Nc2c(C)cccc2C(C)C)cc1OC. The summed E-state index contributed by atoms with van der Waals surface area (Å²) in [6, 6.07) is 11.1. The number of methoxy groups -OCH3 is 2. The molecule has 2 aromatic rings. The first-order chi connectivity index (χ1) is 12.9. The van der Waals surface area contributed by atoms with Crippen molar-refractivity contribution in [1.29, 1.82) is 0 Å². The highest BCUT2D eigenvalue weighted by atomic mass is 16.5. The van der Waals surface area contributed by atoms with Crippen LogP contribution in [0, 0.1) is 6.92 Å². The molecule has 0 bridgehead atoms. The Kier molecular flexibility index (Phi) is 6.82. The average molecular weight is 370 g/mol. The van der Waals surface area contributed by atoms with Gasteiger partial charge in [0.25, 0.3) is 0 Å². The maximum atomic E-state index is 12.3. The molecule has 0 aliphatic heterocycles. The van der Waals surface area contributed by atoms with Gasteiger partial charge in [-0.3, -0.25) is 9.59 Å². The summed E-state index contributed by atoms with van der Waals surface area (Å²) in [4.78, 5) is 24.5. The van der Waals surface area contributed by atoms with E-state index in [1.807, 2.05) is 39.0 Å². The number of rotatable bonds is 6. The average Bonchev–Trinajstić information content (AvgIpc) is 2.66. The van der Waals surface area contributed by atoms with Crippen LogP contribution in [0.5, 0.6) is 11.5 Å². The molecule has 0 saturated heterocycles. The molecule has 0 radical (unpaired) electrons. The van der Waals surface area contributed by atoms with Gasteiger partial charge in [0.05, 0.1) is 14.2 Å². The lowest BCUT2D eigenvalue weighted by Crippen LogP contribution is -2.35. The molecule has 0 aliphatic carbocycles. The lowest BCUT2D eigenvalue weighted by atomic mass is 9.98. The first-order valence-electron chi connectivity index (χ1n) is 8.77. The number of carbonyl (C=O) groups excluding carboxylic acids is 2. The van der Waals surface area contributed by atoms with E-state index in [0.29, 0.717) is 17.2 Å². The molecule has 0 aliphatic rings. The Bertz CT molecular complexity index is 831. The van der Waals surface area contributed by atoms with Crippen molar-refractivity contribution < 1.29 is 19.1 Å². The summed E-state index contributed by atoms with van der Waals surface area (Å²) in [5.74, 6) is 0.0192. The van der Waals surface area contributed by atoms with Crippen LogP contribution in [0.25, 0.3) is 0 Å². The Hall–Kier alpha value is -3.02. The summed E-state index contributed by atoms with van der Waals surface area (Å²) >= 11 is 0. The molecule has 0 heterocycles. The molecule has 6 nitrogen and oxygen atoms in total. The molecule has 2 amide bonds. The minimum Gasteiger partial charge on any atom is -0.493 e. The van der Waals surface area contributed by atoms with Crippen molar-refractivity contribution in [2.24, 2.45) is 0 Å². The molecule has 0 aromatic heterocycles. The summed E-state index contributed by atoms with van der Waals surface area (Å²) < 4.78 is 10.4. The fourth-order valence-corrected chi connectivity index (χ4v) is 2.77. The highest BCUT2D eigenvalue weighted by molar-refractivity contribution is 6.39. The molecular formula is C21H26N2O4. The zero-order valence-corrected chi connectivity index (χ0v) is 16.4. The van der Waals surface area contributed by atoms with Gasteiger partial charge in [-0.1, -0.05) is 38.1 Å². The van der Waals surface area contributed by atoms with E-state index < -0.39 is 11.8 Å². The first kappa shape index (κ1) is 20.3. The molecule has 2 rings (SSSR count). The molecule has 0 unspecified atom stereocenters. The molecule has 6 heteroatoms. The fraction of sp³-hybridized carbons (Fsp3) is 0.333. The summed E-state index contributed by atoms with van der Waals surface area (Å²) in [7, 11) is 3.10. The molecular weight excluding hydrogens is 344 g/mol. The smallest absolute Gasteiger partial charge is 0.313 e. The van der Waals surface area contributed by atoms with Crippen LogP contribution < -0.4 is 20.1 Å². The Balaban J connectivity index is 2.04. The number of amides is 2. The lowest BCUT2D eigenvalue weighted by molar-refractivity contribution is -0.136. The van der Waals surface area contributed by atoms with E-state index >= 15 is 0 Å². The largest absolute Gasteiger partial charge is 0.493 e. The number of carbonyl (C=O) groups is 2. The number of hydrogen-bond acceptors (Lipinski definition) is 4. The third-order valence-electron chi connectivity index (χ3n) is 4.27. The number of hydrogen-bond donors (Lipinski definition) is 2. The van der Waals surface area contributed by atoms with Gasteiger partial charge in [0.15, 0.2) is 11.5 Å². The number of aryl methyl sites for hydroxylation is 1. The topological polar surface area (TPSA) is 76.7 Å². The van der Waals surface area contributed by atoms with Gasteiger partial charge < -0.3 is 20.1 Å². The van der Waals surface area contributed by atoms with Crippen molar-refractivity contribution in [1.82, 2.24) is 5.32 Å². The van der Waals surface area contributed by atoms with E-state index in [9.17, 15) is 9.59 Å². The quantitative estimate of drug-likeness (QED) is 0.764. The second-order valence-corrected chi connectivity index (χ2v) is 6.52. The molecule has 144 valence electrons. The Morgan fingerprint density at radius 3 is 2.33 bits per heavy atom. The van der Waals surface area contributed by atoms with Crippen LogP contribution in [0.15, 0.2) is 36.4 Å². The summed E-state index contributed by atoms with van der Waals surface area (Å²) in [5, 5.41) is 5.37. The highest BCUT2D eigenvalue weighted by Gasteiger charge is 2.17. The van der Waals surface area contributed by atoms with Crippen molar-refractivity contribution in [2.75, 3.05) is 19.5 Å². The van der Waals surface area contributed by atoms with Crippen LogP contribution in [0.2, 0.25) is 0 Å². The zero-order valence-electron chi connectivity index (χ0n) is 16.4. The second-order valence-electron chi connectivity index (χ2n) is 6.52. The predicted molar refractivity (Wildman–Crippen MR) is 105 cm³/mol. The van der Waals surface area contributed by atoms with E-state index in [2.05, 4.69) is 10.6 Å². The van der Waals surface area contributed by atoms with Gasteiger partial charge in [-0.25, -0.2) is 0 Å². The molecule has 2 aromatic carbocycles. The maximum absolute atomic E-state index is 12.3. The van der Waals surface area contributed by atoms with Gasteiger partial charge in [0, 0.05) is 12.2 Å². The number of anilines is 1. The van der Waals surface area contributed by atoms with Crippen molar-refractivity contribution in [3.63, 3.8) is 0 Å². The van der Waals surface area contributed by atoms with Crippen LogP contribution in [0.3, 0.4) is 0 Å². The monoisotopic (exact) mass is 370 g/mol. The number of para-hydroxylation sites is 1. The Morgan fingerprint density at radius 1 is 1.00 bits per heavy atom. The first-order valence-corrected chi connectivity index (χ1v) is 8.77. The number of benzene rings is 2. The zero-order chi connectivity index (χ0) is 20.0. The Morgan fingerprint density at radius 2 is 1.70 bits per heavy atom. The van der Waals surface area contributed by atoms with Crippen molar-refractivity contribution in [3.05, 3.63) is 53.1 Å². The molecule has 0 atom stereocenters. The van der Waals surface area contributed by atoms with E-state index in [-0.39, 0.29) is 12.5 Å². The minimum atomic E-state index is -0.692. The standard InChI is InChI=1S/C21H26N2O4/c1-13(2)16-8-6-7-14(3)19(16)23-21(25)20(24)22-12-15-9-10-17(26-4)18(11-15)27-5/h6-11,13H,12H2,1-5H3,(H,22,24)(H,23,25). The highest BCUT2D eigenvalue weighted by Crippen LogP contribution is 2.28. The molecule has 0 saturated carbocycles. The second kappa shape index (κ2) is 9.07. The predicted octanol–water partition coefficient (Wildman–Crippen LogP) is 3.39. The van der Waals surface area contributed by atoms with Gasteiger partial charge in [0.1, 0.15) is 0 Å². The minimum absolute atomic E-state index is 0.206. The molecule has 27 heavy (non-hydrogen) atoms. The van der Waals surface area contributed by atoms with Gasteiger partial charge in [-0.2, -0.15) is 0 Å². The van der Waals surface area contributed by atoms with Crippen molar-refractivity contribution in [2.45, 2.75) is 33.2 Å². The van der Waals surface area contributed by atoms with Crippen LogP contribution >= 0.6 is 0 Å². The number of nitrogens with one attached hydrogen (secondary N) is 2. The third-order valence-corrected chi connectivity index (χ3v) is 4.27. The summed E-state index contributed by atoms with van der Waals surface area (Å²) in [6.45, 7) is 6.20. The number of ether oxygens (including phenoxy) is 2. The summed E-state index contributed by atoms with van der Waals surface area (Å²) in [6.07, 6.45) is 0. The van der Waals surface area contributed by atoms with Gasteiger partial charge in [0.2, 0.25) is 0 Å². The maximum Gasteiger partial charge on any atom is 0.313 e. The van der Waals surface area contributed by atoms with Crippen LogP contribution in [-0.2, 0) is 16.1 Å². The van der Waals surface area contributed by atoms with E-state index in [0.717, 1.165) is 16.7 Å². The van der Waals surface area contributed by atoms with E-state index in [1.54, 1.807) is 32.4 Å². The molecule has 2 N–H and O–H groups in total. The lowest BCUT2D eigenvalue weighted by Gasteiger charge is -2.16. The fourth-order valence-electron chi connectivity index (χ4n) is 2.77. The van der Waals surface area contributed by atoms with Gasteiger partial charge in [-0.15, -0.1) is 0 Å².